The summed E-state index contributed by atoms with van der Waals surface area (Å²) in [5.41, 5.74) is 0.0505. The highest BCUT2D eigenvalue weighted by Gasteiger charge is 2.46. The standard InChI is InChI=1S/C18H14O8.C15H26N2/c19-15(20)13(25-17(23)11-7-3-1-4-8-11)14(16(21)22)26-18(24)12-9-5-2-6-10-12;1-3-7-16-11-13-9-12(14(16)5-1)10-17-8-4-2-6-15(13)17/h1-10,13-14H,(H,19,20)(H,21,22);12-15H,1-11H2/t;12-,13-,14-,15+/m.0/s1. The number of carbonyl (C=O) groups is 4. The Hall–Kier alpha value is -3.76. The summed E-state index contributed by atoms with van der Waals surface area (Å²) in [6.07, 6.45) is 6.03. The Balaban J connectivity index is 0.000000185. The van der Waals surface area contributed by atoms with Crippen LogP contribution in [-0.4, -0.2) is 94.4 Å². The third-order valence-corrected chi connectivity index (χ3v) is 9.21. The molecule has 2 aromatic rings. The van der Waals surface area contributed by atoms with Gasteiger partial charge in [-0.25, -0.2) is 19.2 Å². The van der Waals surface area contributed by atoms with E-state index in [9.17, 15) is 29.4 Å². The molecule has 4 aliphatic rings. The van der Waals surface area contributed by atoms with Crippen molar-refractivity contribution >= 4 is 23.9 Å². The van der Waals surface area contributed by atoms with Gasteiger partial charge in [-0.15, -0.1) is 0 Å². The number of fused-ring (bicyclic) bond motifs is 6. The smallest absolute Gasteiger partial charge is 0.349 e. The molecule has 2 N–H and O–H groups in total. The molecule has 4 heterocycles. The first-order valence-electron chi connectivity index (χ1n) is 15.3. The largest absolute Gasteiger partial charge is 0.478 e. The molecule has 4 aliphatic heterocycles. The third-order valence-electron chi connectivity index (χ3n) is 9.21. The molecule has 6 rings (SSSR count). The molecule has 2 unspecified atom stereocenters. The Morgan fingerprint density at radius 1 is 0.628 bits per heavy atom. The molecule has 0 spiro atoms. The first kappa shape index (κ1) is 30.7. The van der Waals surface area contributed by atoms with Crippen LogP contribution in [0, 0.1) is 11.8 Å². The molecule has 0 saturated carbocycles. The molecule has 6 atom stereocenters. The van der Waals surface area contributed by atoms with Crippen LogP contribution in [0.25, 0.3) is 0 Å². The molecule has 43 heavy (non-hydrogen) atoms. The van der Waals surface area contributed by atoms with E-state index >= 15 is 0 Å². The van der Waals surface area contributed by atoms with E-state index in [4.69, 9.17) is 9.47 Å². The van der Waals surface area contributed by atoms with Gasteiger partial charge in [0.2, 0.25) is 12.2 Å². The number of aliphatic carboxylic acids is 2. The van der Waals surface area contributed by atoms with Gasteiger partial charge >= 0.3 is 23.9 Å². The third kappa shape index (κ3) is 7.43. The highest BCUT2D eigenvalue weighted by atomic mass is 16.6. The molecule has 2 bridgehead atoms. The quantitative estimate of drug-likeness (QED) is 0.455. The predicted molar refractivity (Wildman–Crippen MR) is 157 cm³/mol. The van der Waals surface area contributed by atoms with Gasteiger partial charge in [-0.05, 0) is 81.3 Å². The highest BCUT2D eigenvalue weighted by Crippen LogP contribution is 2.42. The predicted octanol–water partition coefficient (Wildman–Crippen LogP) is 3.95. The number of nitrogens with zero attached hydrogens (tertiary/aromatic N) is 2. The van der Waals surface area contributed by atoms with Crippen molar-refractivity contribution in [2.75, 3.05) is 26.2 Å². The molecular weight excluding hydrogens is 552 g/mol. The summed E-state index contributed by atoms with van der Waals surface area (Å²) in [5, 5.41) is 18.5. The van der Waals surface area contributed by atoms with E-state index in [1.165, 1.54) is 113 Å². The van der Waals surface area contributed by atoms with Crippen LogP contribution in [-0.2, 0) is 19.1 Å². The minimum absolute atomic E-state index is 0.0253. The van der Waals surface area contributed by atoms with E-state index in [1.54, 1.807) is 18.6 Å². The fourth-order valence-electron chi connectivity index (χ4n) is 7.25. The maximum absolute atomic E-state index is 12.0. The average Bonchev–Trinajstić information content (AvgIpc) is 3.03. The maximum Gasteiger partial charge on any atom is 0.349 e. The Kier molecular flexibility index (Phi) is 10.1. The molecule has 2 aromatic carbocycles. The van der Waals surface area contributed by atoms with Crippen molar-refractivity contribution < 1.29 is 38.9 Å². The van der Waals surface area contributed by atoms with Crippen LogP contribution in [0.3, 0.4) is 0 Å². The molecule has 10 nitrogen and oxygen atoms in total. The summed E-state index contributed by atoms with van der Waals surface area (Å²) in [6.45, 7) is 5.68. The minimum Gasteiger partial charge on any atom is -0.478 e. The zero-order valence-electron chi connectivity index (χ0n) is 24.3. The van der Waals surface area contributed by atoms with Crippen LogP contribution in [0.5, 0.6) is 0 Å². The topological polar surface area (TPSA) is 134 Å². The Morgan fingerprint density at radius 3 is 1.40 bits per heavy atom. The molecule has 0 aromatic heterocycles. The van der Waals surface area contributed by atoms with E-state index in [1.807, 2.05) is 0 Å². The van der Waals surface area contributed by atoms with Crippen molar-refractivity contribution in [3.8, 4) is 0 Å². The lowest BCUT2D eigenvalue weighted by molar-refractivity contribution is -0.166. The van der Waals surface area contributed by atoms with Gasteiger partial charge in [-0.1, -0.05) is 49.2 Å². The van der Waals surface area contributed by atoms with Gasteiger partial charge in [0.1, 0.15) is 0 Å². The number of hydrogen-bond donors (Lipinski definition) is 2. The highest BCUT2D eigenvalue weighted by molar-refractivity contribution is 5.95. The molecule has 0 radical (unpaired) electrons. The van der Waals surface area contributed by atoms with Crippen LogP contribution in [0.2, 0.25) is 0 Å². The van der Waals surface area contributed by atoms with E-state index < -0.39 is 36.1 Å². The monoisotopic (exact) mass is 592 g/mol. The molecule has 4 fully saturated rings. The molecule has 0 aliphatic carbocycles. The number of carboxylic acid groups (broad SMARTS) is 2. The summed E-state index contributed by atoms with van der Waals surface area (Å²) < 4.78 is 9.52. The first-order chi connectivity index (χ1) is 20.8. The van der Waals surface area contributed by atoms with Crippen LogP contribution in [0.15, 0.2) is 60.7 Å². The van der Waals surface area contributed by atoms with Gasteiger partial charge < -0.3 is 19.7 Å². The van der Waals surface area contributed by atoms with E-state index in [0.717, 1.165) is 23.9 Å². The van der Waals surface area contributed by atoms with E-state index in [2.05, 4.69) is 9.80 Å². The Labute approximate surface area is 251 Å². The number of hydrogen-bond acceptors (Lipinski definition) is 8. The fourth-order valence-corrected chi connectivity index (χ4v) is 7.25. The fraction of sp³-hybridized carbons (Fsp3) is 0.515. The normalized spacial score (nSPS) is 26.2. The number of ether oxygens (including phenoxy) is 2. The van der Waals surface area contributed by atoms with E-state index in [0.29, 0.717) is 0 Å². The second-order valence-electron chi connectivity index (χ2n) is 11.9. The molecule has 0 amide bonds. The van der Waals surface area contributed by atoms with Gasteiger partial charge in [0, 0.05) is 25.2 Å². The van der Waals surface area contributed by atoms with Crippen LogP contribution in [0.1, 0.15) is 65.7 Å². The summed E-state index contributed by atoms with van der Waals surface area (Å²) in [4.78, 5) is 52.6. The van der Waals surface area contributed by atoms with Gasteiger partial charge in [0.05, 0.1) is 11.1 Å². The summed E-state index contributed by atoms with van der Waals surface area (Å²) >= 11 is 0. The minimum atomic E-state index is -2.21. The zero-order chi connectivity index (χ0) is 30.3. The second-order valence-corrected chi connectivity index (χ2v) is 11.9. The number of carboxylic acids is 2. The number of benzene rings is 2. The van der Waals surface area contributed by atoms with Crippen LogP contribution < -0.4 is 0 Å². The number of carbonyl (C=O) groups excluding carboxylic acids is 2. The van der Waals surface area contributed by atoms with Crippen molar-refractivity contribution in [2.24, 2.45) is 11.8 Å². The lowest BCUT2D eigenvalue weighted by Crippen LogP contribution is -2.63. The van der Waals surface area contributed by atoms with Crippen molar-refractivity contribution in [1.82, 2.24) is 9.80 Å². The Morgan fingerprint density at radius 2 is 1.02 bits per heavy atom. The maximum atomic E-state index is 12.0. The second kappa shape index (κ2) is 14.1. The summed E-state index contributed by atoms with van der Waals surface area (Å²) in [7, 11) is 0. The molecule has 230 valence electrons. The average molecular weight is 593 g/mol. The van der Waals surface area contributed by atoms with Crippen molar-refractivity contribution in [3.63, 3.8) is 0 Å². The van der Waals surface area contributed by atoms with Gasteiger partial charge in [0.15, 0.2) is 0 Å². The van der Waals surface area contributed by atoms with Gasteiger partial charge in [-0.3, -0.25) is 9.80 Å². The lowest BCUT2D eigenvalue weighted by Gasteiger charge is -2.57. The van der Waals surface area contributed by atoms with Crippen LogP contribution in [0.4, 0.5) is 0 Å². The summed E-state index contributed by atoms with van der Waals surface area (Å²) in [5.74, 6) is -3.60. The van der Waals surface area contributed by atoms with E-state index in [-0.39, 0.29) is 11.1 Å². The SMILES string of the molecule is C1CCN2C[C@@H]3C[C@@H](CN4CCCC[C@@H]34)[C@H]2C1.O=C(OC(C(=O)O)C(OC(=O)c1ccccc1)C(=O)O)c1ccccc1. The zero-order valence-corrected chi connectivity index (χ0v) is 24.3. The molecular formula is C33H40N2O8. The van der Waals surface area contributed by atoms with Gasteiger partial charge in [-0.2, -0.15) is 0 Å². The lowest BCUT2D eigenvalue weighted by atomic mass is 9.71. The van der Waals surface area contributed by atoms with Crippen LogP contribution >= 0.6 is 0 Å². The number of esters is 2. The Bertz CT molecular complexity index is 1170. The van der Waals surface area contributed by atoms with Crippen molar-refractivity contribution in [1.29, 1.82) is 0 Å². The number of piperidine rings is 4. The molecule has 10 heteroatoms. The van der Waals surface area contributed by atoms with Gasteiger partial charge in [0.25, 0.3) is 0 Å². The first-order valence-corrected chi connectivity index (χ1v) is 15.3. The van der Waals surface area contributed by atoms with Crippen molar-refractivity contribution in [2.45, 2.75) is 69.2 Å². The van der Waals surface area contributed by atoms with Crippen molar-refractivity contribution in [3.05, 3.63) is 71.8 Å². The molecule has 4 saturated heterocycles. The number of rotatable bonds is 7. The summed E-state index contributed by atoms with van der Waals surface area (Å²) in [6, 6.07) is 16.8.